The van der Waals surface area contributed by atoms with Crippen molar-refractivity contribution >= 4 is 22.8 Å². The number of rotatable bonds is 5. The van der Waals surface area contributed by atoms with Gasteiger partial charge in [0.1, 0.15) is 6.61 Å². The molecule has 0 radical (unpaired) electrons. The number of benzene rings is 2. The van der Waals surface area contributed by atoms with Crippen molar-refractivity contribution < 1.29 is 19.1 Å². The van der Waals surface area contributed by atoms with Gasteiger partial charge in [-0.05, 0) is 36.6 Å². The monoisotopic (exact) mass is 363 g/mol. The molecule has 0 atom stereocenters. The van der Waals surface area contributed by atoms with E-state index in [-0.39, 0.29) is 19.0 Å². The number of esters is 2. The van der Waals surface area contributed by atoms with E-state index in [2.05, 4.69) is 4.98 Å². The summed E-state index contributed by atoms with van der Waals surface area (Å²) in [5.41, 5.74) is 4.20. The van der Waals surface area contributed by atoms with Crippen LogP contribution in [0.1, 0.15) is 32.7 Å². The second-order valence-corrected chi connectivity index (χ2v) is 6.33. The lowest BCUT2D eigenvalue weighted by Gasteiger charge is -2.13. The Morgan fingerprint density at radius 3 is 2.44 bits per heavy atom. The fourth-order valence-electron chi connectivity index (χ4n) is 3.08. The summed E-state index contributed by atoms with van der Waals surface area (Å²) in [6.45, 7) is 3.71. The normalized spacial score (nSPS) is 10.6. The standard InChI is InChI=1S/C22H21NO4/c1-14-8-4-5-9-16(14)12-20(24)27-13-19-21(22(25)26-3)15(2)17-10-6-7-11-18(17)23-19/h4-11H,12-13H2,1-3H3. The van der Waals surface area contributed by atoms with E-state index >= 15 is 0 Å². The lowest BCUT2D eigenvalue weighted by atomic mass is 10.0. The molecule has 27 heavy (non-hydrogen) atoms. The first-order valence-electron chi connectivity index (χ1n) is 8.68. The first-order chi connectivity index (χ1) is 13.0. The number of carbonyl (C=O) groups is 2. The molecule has 0 bridgehead atoms. The van der Waals surface area contributed by atoms with Crippen LogP contribution in [0.15, 0.2) is 48.5 Å². The Morgan fingerprint density at radius 2 is 1.70 bits per heavy atom. The number of ether oxygens (including phenoxy) is 2. The molecular formula is C22H21NO4. The Labute approximate surface area is 157 Å². The second-order valence-electron chi connectivity index (χ2n) is 6.33. The summed E-state index contributed by atoms with van der Waals surface area (Å²) in [5.74, 6) is -0.858. The zero-order valence-corrected chi connectivity index (χ0v) is 15.6. The van der Waals surface area contributed by atoms with Gasteiger partial charge in [0.2, 0.25) is 0 Å². The molecule has 5 nitrogen and oxygen atoms in total. The molecule has 3 rings (SSSR count). The van der Waals surface area contributed by atoms with Crippen LogP contribution in [-0.4, -0.2) is 24.0 Å². The molecule has 0 aliphatic heterocycles. The number of fused-ring (bicyclic) bond motifs is 1. The number of para-hydroxylation sites is 1. The van der Waals surface area contributed by atoms with Gasteiger partial charge in [-0.25, -0.2) is 9.78 Å². The zero-order valence-electron chi connectivity index (χ0n) is 15.6. The summed E-state index contributed by atoms with van der Waals surface area (Å²) < 4.78 is 10.3. The fourth-order valence-corrected chi connectivity index (χ4v) is 3.08. The molecule has 5 heteroatoms. The fraction of sp³-hybridized carbons (Fsp3) is 0.227. The van der Waals surface area contributed by atoms with E-state index in [4.69, 9.17) is 9.47 Å². The van der Waals surface area contributed by atoms with Crippen LogP contribution in [-0.2, 0) is 27.3 Å². The zero-order chi connectivity index (χ0) is 19.4. The number of aryl methyl sites for hydroxylation is 2. The highest BCUT2D eigenvalue weighted by Gasteiger charge is 2.20. The van der Waals surface area contributed by atoms with Gasteiger partial charge in [-0.3, -0.25) is 4.79 Å². The summed E-state index contributed by atoms with van der Waals surface area (Å²) in [4.78, 5) is 29.1. The Kier molecular flexibility index (Phi) is 5.50. The summed E-state index contributed by atoms with van der Waals surface area (Å²) >= 11 is 0. The number of pyridine rings is 1. The molecule has 0 saturated heterocycles. The molecule has 0 spiro atoms. The molecule has 3 aromatic rings. The quantitative estimate of drug-likeness (QED) is 0.643. The van der Waals surface area contributed by atoms with Gasteiger partial charge in [0.25, 0.3) is 0 Å². The SMILES string of the molecule is COC(=O)c1c(COC(=O)Cc2ccccc2C)nc2ccccc2c1C. The Balaban J connectivity index is 1.86. The maximum absolute atomic E-state index is 12.3. The third-order valence-electron chi connectivity index (χ3n) is 4.58. The number of hydrogen-bond donors (Lipinski definition) is 0. The number of hydrogen-bond acceptors (Lipinski definition) is 5. The Hall–Kier alpha value is -3.21. The summed E-state index contributed by atoms with van der Waals surface area (Å²) in [6.07, 6.45) is 0.173. The van der Waals surface area contributed by atoms with Crippen molar-refractivity contribution in [3.63, 3.8) is 0 Å². The Morgan fingerprint density at radius 1 is 1.00 bits per heavy atom. The lowest BCUT2D eigenvalue weighted by molar-refractivity contribution is -0.144. The Bertz CT molecular complexity index is 1010. The molecule has 0 N–H and O–H groups in total. The minimum Gasteiger partial charge on any atom is -0.465 e. The summed E-state index contributed by atoms with van der Waals surface area (Å²) in [7, 11) is 1.32. The minimum atomic E-state index is -0.490. The van der Waals surface area contributed by atoms with Gasteiger partial charge in [-0.1, -0.05) is 42.5 Å². The van der Waals surface area contributed by atoms with E-state index in [0.717, 1.165) is 27.6 Å². The highest BCUT2D eigenvalue weighted by atomic mass is 16.5. The summed E-state index contributed by atoms with van der Waals surface area (Å²) in [5, 5.41) is 0.868. The number of nitrogens with zero attached hydrogens (tertiary/aromatic N) is 1. The number of methoxy groups -OCH3 is 1. The highest BCUT2D eigenvalue weighted by Crippen LogP contribution is 2.24. The second kappa shape index (κ2) is 7.99. The van der Waals surface area contributed by atoms with Crippen molar-refractivity contribution in [2.45, 2.75) is 26.9 Å². The van der Waals surface area contributed by atoms with Crippen LogP contribution in [0.2, 0.25) is 0 Å². The maximum atomic E-state index is 12.3. The van der Waals surface area contributed by atoms with Crippen LogP contribution in [0.4, 0.5) is 0 Å². The average Bonchev–Trinajstić information content (AvgIpc) is 2.68. The molecule has 0 amide bonds. The summed E-state index contributed by atoms with van der Waals surface area (Å²) in [6, 6.07) is 15.2. The van der Waals surface area contributed by atoms with Gasteiger partial charge in [0.05, 0.1) is 30.3 Å². The van der Waals surface area contributed by atoms with E-state index in [1.807, 2.05) is 62.4 Å². The van der Waals surface area contributed by atoms with Crippen LogP contribution < -0.4 is 0 Å². The molecule has 0 aliphatic rings. The third kappa shape index (κ3) is 3.97. The molecular weight excluding hydrogens is 342 g/mol. The molecule has 1 heterocycles. The first-order valence-corrected chi connectivity index (χ1v) is 8.68. The highest BCUT2D eigenvalue weighted by molar-refractivity contribution is 5.98. The van der Waals surface area contributed by atoms with E-state index in [9.17, 15) is 9.59 Å². The van der Waals surface area contributed by atoms with Crippen LogP contribution in [0.3, 0.4) is 0 Å². The number of aromatic nitrogens is 1. The predicted octanol–water partition coefficient (Wildman–Crippen LogP) is 3.92. The van der Waals surface area contributed by atoms with Crippen LogP contribution in [0.25, 0.3) is 10.9 Å². The molecule has 0 saturated carbocycles. The predicted molar refractivity (Wildman–Crippen MR) is 102 cm³/mol. The molecule has 0 aliphatic carbocycles. The van der Waals surface area contributed by atoms with Gasteiger partial charge in [0, 0.05) is 5.39 Å². The van der Waals surface area contributed by atoms with Crippen LogP contribution >= 0.6 is 0 Å². The van der Waals surface area contributed by atoms with E-state index in [1.165, 1.54) is 7.11 Å². The lowest BCUT2D eigenvalue weighted by Crippen LogP contribution is -2.15. The van der Waals surface area contributed by atoms with Crippen molar-refractivity contribution in [3.8, 4) is 0 Å². The molecule has 0 fully saturated rings. The third-order valence-corrected chi connectivity index (χ3v) is 4.58. The molecule has 138 valence electrons. The molecule has 0 unspecified atom stereocenters. The molecule has 2 aromatic carbocycles. The largest absolute Gasteiger partial charge is 0.465 e. The van der Waals surface area contributed by atoms with Crippen molar-refractivity contribution in [1.29, 1.82) is 0 Å². The smallest absolute Gasteiger partial charge is 0.340 e. The van der Waals surface area contributed by atoms with Gasteiger partial charge in [-0.15, -0.1) is 0 Å². The van der Waals surface area contributed by atoms with Gasteiger partial charge in [-0.2, -0.15) is 0 Å². The van der Waals surface area contributed by atoms with Crippen molar-refractivity contribution in [2.75, 3.05) is 7.11 Å². The van der Waals surface area contributed by atoms with Gasteiger partial charge >= 0.3 is 11.9 Å². The van der Waals surface area contributed by atoms with E-state index < -0.39 is 5.97 Å². The van der Waals surface area contributed by atoms with Crippen LogP contribution in [0.5, 0.6) is 0 Å². The van der Waals surface area contributed by atoms with Gasteiger partial charge in [0.15, 0.2) is 0 Å². The van der Waals surface area contributed by atoms with Crippen LogP contribution in [0, 0.1) is 13.8 Å². The van der Waals surface area contributed by atoms with Crippen molar-refractivity contribution in [2.24, 2.45) is 0 Å². The van der Waals surface area contributed by atoms with Crippen molar-refractivity contribution in [1.82, 2.24) is 4.98 Å². The minimum absolute atomic E-state index is 0.0825. The van der Waals surface area contributed by atoms with Gasteiger partial charge < -0.3 is 9.47 Å². The number of carbonyl (C=O) groups excluding carboxylic acids is 2. The van der Waals surface area contributed by atoms with E-state index in [1.54, 1.807) is 0 Å². The van der Waals surface area contributed by atoms with E-state index in [0.29, 0.717) is 11.3 Å². The topological polar surface area (TPSA) is 65.5 Å². The first kappa shape index (κ1) is 18.6. The molecule has 1 aromatic heterocycles. The maximum Gasteiger partial charge on any atom is 0.340 e. The van der Waals surface area contributed by atoms with Crippen molar-refractivity contribution in [3.05, 3.63) is 76.5 Å². The average molecular weight is 363 g/mol.